The third kappa shape index (κ3) is 5.99. The zero-order valence-electron chi connectivity index (χ0n) is 25.4. The number of rotatable bonds is 5. The van der Waals surface area contributed by atoms with Gasteiger partial charge in [0.2, 0.25) is 0 Å². The largest absolute Gasteiger partial charge is 0.507 e. The van der Waals surface area contributed by atoms with Gasteiger partial charge in [-0.3, -0.25) is 4.99 Å². The molecule has 1 N–H and O–H groups in total. The molecule has 5 rings (SSSR count). The number of aliphatic imine (C=N–C) groups is 1. The van der Waals surface area contributed by atoms with Crippen molar-refractivity contribution in [3.8, 4) is 27.4 Å². The average Bonchev–Trinajstić information content (AvgIpc) is 3.36. The first kappa shape index (κ1) is 28.8. The van der Waals surface area contributed by atoms with Gasteiger partial charge in [0.1, 0.15) is 10.8 Å². The number of nitrogens with zero attached hydrogens (tertiary/aromatic N) is 2. The molecular formula is C37H40N2OS. The molecule has 4 aromatic carbocycles. The van der Waals surface area contributed by atoms with Crippen molar-refractivity contribution in [2.45, 2.75) is 72.1 Å². The minimum Gasteiger partial charge on any atom is -0.507 e. The molecule has 0 fully saturated rings. The van der Waals surface area contributed by atoms with Crippen molar-refractivity contribution in [3.63, 3.8) is 0 Å². The lowest BCUT2D eigenvalue weighted by Crippen LogP contribution is -2.17. The number of para-hydroxylation sites is 2. The van der Waals surface area contributed by atoms with E-state index in [2.05, 4.69) is 116 Å². The van der Waals surface area contributed by atoms with Gasteiger partial charge < -0.3 is 5.11 Å². The van der Waals surface area contributed by atoms with Crippen LogP contribution in [0.5, 0.6) is 5.75 Å². The first-order chi connectivity index (χ1) is 19.3. The second-order valence-corrected chi connectivity index (χ2v) is 14.2. The molecule has 41 heavy (non-hydrogen) atoms. The van der Waals surface area contributed by atoms with Gasteiger partial charge in [-0.25, -0.2) is 4.98 Å². The molecular weight excluding hydrogens is 520 g/mol. The number of aromatic hydroxyl groups is 1. The molecule has 0 atom stereocenters. The van der Waals surface area contributed by atoms with Gasteiger partial charge in [-0.2, -0.15) is 0 Å². The quantitative estimate of drug-likeness (QED) is 0.217. The smallest absolute Gasteiger partial charge is 0.128 e. The Bertz CT molecular complexity index is 1730. The highest BCUT2D eigenvalue weighted by Crippen LogP contribution is 2.40. The molecule has 1 aromatic heterocycles. The monoisotopic (exact) mass is 560 g/mol. The van der Waals surface area contributed by atoms with Gasteiger partial charge in [0.25, 0.3) is 0 Å². The first-order valence-electron chi connectivity index (χ1n) is 14.3. The molecule has 0 aliphatic heterocycles. The fourth-order valence-corrected chi connectivity index (χ4v) is 6.04. The lowest BCUT2D eigenvalue weighted by molar-refractivity contribution is 0.444. The standard InChI is InChI=1S/C37H40N2OS/c1-23(2)24-16-18-25(19-17-24)28-13-11-15-32-33(28)39-35(41-32)29-12-9-10-14-31(29)38-22-26-20-27(36(3,4)5)21-30(34(26)40)37(6,7)8/h9-23,40H,1-8H3. The second kappa shape index (κ2) is 10.9. The third-order valence-electron chi connectivity index (χ3n) is 7.60. The molecule has 210 valence electrons. The molecule has 4 heteroatoms. The number of hydrogen-bond acceptors (Lipinski definition) is 4. The molecule has 0 aliphatic rings. The Morgan fingerprint density at radius 2 is 1.49 bits per heavy atom. The van der Waals surface area contributed by atoms with Crippen LogP contribution in [-0.2, 0) is 10.8 Å². The summed E-state index contributed by atoms with van der Waals surface area (Å²) in [5.41, 5.74) is 9.05. The van der Waals surface area contributed by atoms with Gasteiger partial charge in [-0.1, -0.05) is 110 Å². The van der Waals surface area contributed by atoms with Crippen molar-refractivity contribution in [2.24, 2.45) is 4.99 Å². The fraction of sp³-hybridized carbons (Fsp3) is 0.297. The summed E-state index contributed by atoms with van der Waals surface area (Å²) in [5, 5.41) is 12.2. The Morgan fingerprint density at radius 1 is 0.805 bits per heavy atom. The van der Waals surface area contributed by atoms with Crippen molar-refractivity contribution in [2.75, 3.05) is 0 Å². The summed E-state index contributed by atoms with van der Waals surface area (Å²) in [6.45, 7) is 17.4. The zero-order chi connectivity index (χ0) is 29.5. The Balaban J connectivity index is 1.57. The van der Waals surface area contributed by atoms with Crippen LogP contribution in [0, 0.1) is 0 Å². The van der Waals surface area contributed by atoms with E-state index in [1.54, 1.807) is 17.6 Å². The highest BCUT2D eigenvalue weighted by atomic mass is 32.1. The van der Waals surface area contributed by atoms with E-state index in [0.29, 0.717) is 11.7 Å². The Labute approximate surface area is 248 Å². The number of hydrogen-bond donors (Lipinski definition) is 1. The van der Waals surface area contributed by atoms with Crippen LogP contribution < -0.4 is 0 Å². The van der Waals surface area contributed by atoms with Crippen molar-refractivity contribution in [1.82, 2.24) is 4.98 Å². The number of thiazole rings is 1. The van der Waals surface area contributed by atoms with Crippen LogP contribution in [0.3, 0.4) is 0 Å². The predicted molar refractivity (Wildman–Crippen MR) is 177 cm³/mol. The SMILES string of the molecule is CC(C)c1ccc(-c2cccc3sc(-c4ccccc4N=Cc4cc(C(C)(C)C)cc(C(C)(C)C)c4O)nc23)cc1. The predicted octanol–water partition coefficient (Wildman–Crippen LogP) is 10.8. The summed E-state index contributed by atoms with van der Waals surface area (Å²) in [6.07, 6.45) is 1.80. The molecule has 0 amide bonds. The van der Waals surface area contributed by atoms with Crippen LogP contribution in [-0.4, -0.2) is 16.3 Å². The maximum Gasteiger partial charge on any atom is 0.128 e. The number of phenols is 1. The van der Waals surface area contributed by atoms with E-state index >= 15 is 0 Å². The van der Waals surface area contributed by atoms with Gasteiger partial charge >= 0.3 is 0 Å². The number of phenolic OH excluding ortho intramolecular Hbond substituents is 1. The highest BCUT2D eigenvalue weighted by molar-refractivity contribution is 7.21. The maximum absolute atomic E-state index is 11.3. The van der Waals surface area contributed by atoms with Gasteiger partial charge in [-0.15, -0.1) is 11.3 Å². The topological polar surface area (TPSA) is 45.5 Å². The fourth-order valence-electron chi connectivity index (χ4n) is 5.01. The van der Waals surface area contributed by atoms with E-state index in [1.165, 1.54) is 16.7 Å². The highest BCUT2D eigenvalue weighted by Gasteiger charge is 2.24. The van der Waals surface area contributed by atoms with Crippen molar-refractivity contribution < 1.29 is 5.11 Å². The summed E-state index contributed by atoms with van der Waals surface area (Å²) in [6, 6.07) is 27.5. The molecule has 5 aromatic rings. The summed E-state index contributed by atoms with van der Waals surface area (Å²) in [4.78, 5) is 10.1. The number of fused-ring (bicyclic) bond motifs is 1. The molecule has 0 saturated carbocycles. The van der Waals surface area contributed by atoms with E-state index in [1.807, 2.05) is 18.2 Å². The minimum absolute atomic E-state index is 0.0536. The summed E-state index contributed by atoms with van der Waals surface area (Å²) < 4.78 is 1.15. The average molecular weight is 561 g/mol. The summed E-state index contributed by atoms with van der Waals surface area (Å²) in [7, 11) is 0. The Hall–Kier alpha value is -3.76. The molecule has 3 nitrogen and oxygen atoms in total. The molecule has 0 unspecified atom stereocenters. The van der Waals surface area contributed by atoms with Gasteiger partial charge in [-0.05, 0) is 57.7 Å². The van der Waals surface area contributed by atoms with E-state index in [4.69, 9.17) is 9.98 Å². The molecule has 0 radical (unpaired) electrons. The van der Waals surface area contributed by atoms with Crippen molar-refractivity contribution >= 4 is 33.5 Å². The van der Waals surface area contributed by atoms with Crippen molar-refractivity contribution in [3.05, 3.63) is 101 Å². The van der Waals surface area contributed by atoms with Crippen molar-refractivity contribution in [1.29, 1.82) is 0 Å². The van der Waals surface area contributed by atoms with E-state index in [0.717, 1.165) is 43.2 Å². The van der Waals surface area contributed by atoms with E-state index < -0.39 is 0 Å². The normalized spacial score (nSPS) is 12.6. The van der Waals surface area contributed by atoms with Crippen LogP contribution in [0.2, 0.25) is 0 Å². The lowest BCUT2D eigenvalue weighted by atomic mass is 9.79. The van der Waals surface area contributed by atoms with Gasteiger partial charge in [0, 0.05) is 28.5 Å². The Morgan fingerprint density at radius 3 is 2.15 bits per heavy atom. The summed E-state index contributed by atoms with van der Waals surface area (Å²) >= 11 is 1.68. The molecule has 0 aliphatic carbocycles. The van der Waals surface area contributed by atoms with Crippen LogP contribution in [0.1, 0.15) is 83.6 Å². The minimum atomic E-state index is -0.195. The molecule has 0 spiro atoms. The molecule has 1 heterocycles. The first-order valence-corrected chi connectivity index (χ1v) is 15.2. The third-order valence-corrected chi connectivity index (χ3v) is 8.65. The van der Waals surface area contributed by atoms with Gasteiger partial charge in [0.15, 0.2) is 0 Å². The Kier molecular flexibility index (Phi) is 7.65. The summed E-state index contributed by atoms with van der Waals surface area (Å²) in [5.74, 6) is 0.792. The zero-order valence-corrected chi connectivity index (χ0v) is 26.2. The van der Waals surface area contributed by atoms with Crippen LogP contribution in [0.4, 0.5) is 5.69 Å². The molecule has 0 saturated heterocycles. The second-order valence-electron chi connectivity index (χ2n) is 13.2. The number of aromatic nitrogens is 1. The van der Waals surface area contributed by atoms with Crippen LogP contribution in [0.15, 0.2) is 83.9 Å². The number of benzene rings is 4. The van der Waals surface area contributed by atoms with Crippen LogP contribution >= 0.6 is 11.3 Å². The van der Waals surface area contributed by atoms with E-state index in [-0.39, 0.29) is 10.8 Å². The van der Waals surface area contributed by atoms with E-state index in [9.17, 15) is 5.11 Å². The van der Waals surface area contributed by atoms with Gasteiger partial charge in [0.05, 0.1) is 15.9 Å². The molecule has 0 bridgehead atoms. The lowest BCUT2D eigenvalue weighted by Gasteiger charge is -2.27. The van der Waals surface area contributed by atoms with Crippen LogP contribution in [0.25, 0.3) is 31.9 Å². The maximum atomic E-state index is 11.3.